The van der Waals surface area contributed by atoms with Gasteiger partial charge in [0, 0.05) is 23.2 Å². The Balaban J connectivity index is 1.25. The van der Waals surface area contributed by atoms with Gasteiger partial charge < -0.3 is 13.8 Å². The Morgan fingerprint density at radius 1 is 0.952 bits per heavy atom. The van der Waals surface area contributed by atoms with Crippen molar-refractivity contribution in [2.45, 2.75) is 56.0 Å². The second-order valence-corrected chi connectivity index (χ2v) is 13.5. The zero-order chi connectivity index (χ0) is 28.9. The summed E-state index contributed by atoms with van der Waals surface area (Å²) in [5.74, 6) is 0.0402. The molecule has 4 aromatic rings. The Morgan fingerprint density at radius 2 is 1.69 bits per heavy atom. The van der Waals surface area contributed by atoms with Crippen molar-refractivity contribution < 1.29 is 17.3 Å². The molecule has 4 heterocycles. The quantitative estimate of drug-likeness (QED) is 0.240. The highest BCUT2D eigenvalue weighted by atomic mass is 35.5. The van der Waals surface area contributed by atoms with E-state index in [0.29, 0.717) is 42.4 Å². The van der Waals surface area contributed by atoms with E-state index in [9.17, 15) is 8.42 Å². The van der Waals surface area contributed by atoms with E-state index in [4.69, 9.17) is 25.5 Å². The van der Waals surface area contributed by atoms with Crippen molar-refractivity contribution >= 4 is 38.2 Å². The van der Waals surface area contributed by atoms with Gasteiger partial charge in [-0.1, -0.05) is 53.6 Å². The maximum atomic E-state index is 13.3. The molecule has 0 radical (unpaired) electrons. The van der Waals surface area contributed by atoms with Crippen LogP contribution in [0.4, 0.5) is 5.69 Å². The summed E-state index contributed by atoms with van der Waals surface area (Å²) >= 11 is 6.66. The summed E-state index contributed by atoms with van der Waals surface area (Å²) in [5, 5.41) is 2.73. The number of halogens is 1. The van der Waals surface area contributed by atoms with Gasteiger partial charge in [0.2, 0.25) is 5.88 Å². The molecule has 0 aliphatic carbocycles. The van der Waals surface area contributed by atoms with E-state index in [2.05, 4.69) is 20.9 Å². The van der Waals surface area contributed by atoms with Gasteiger partial charge in [0.05, 0.1) is 22.8 Å². The molecule has 0 atom stereocenters. The summed E-state index contributed by atoms with van der Waals surface area (Å²) in [6.07, 6.45) is 4.98. The van der Waals surface area contributed by atoms with Crippen molar-refractivity contribution in [3.63, 3.8) is 0 Å². The number of hydrogen-bond donors (Lipinski definition) is 0. The van der Waals surface area contributed by atoms with Gasteiger partial charge in [0.1, 0.15) is 11.5 Å². The van der Waals surface area contributed by atoms with Crippen LogP contribution in [0.1, 0.15) is 42.5 Å². The zero-order valence-electron chi connectivity index (χ0n) is 23.6. The Hall–Kier alpha value is -3.40. The minimum atomic E-state index is -4.11. The Morgan fingerprint density at radius 3 is 2.45 bits per heavy atom. The number of nitrogens with zero attached hydrogens (tertiary/aromatic N) is 4. The average Bonchev–Trinajstić information content (AvgIpc) is 3.56. The van der Waals surface area contributed by atoms with Gasteiger partial charge in [0.15, 0.2) is 0 Å². The molecule has 3 aliphatic heterocycles. The molecule has 3 aliphatic rings. The third kappa shape index (κ3) is 4.97. The number of ether oxygens (including phenoxy) is 1. The molecule has 0 saturated carbocycles. The molecule has 0 spiro atoms. The fourth-order valence-electron chi connectivity index (χ4n) is 6.77. The highest BCUT2D eigenvalue weighted by Gasteiger charge is 2.45. The highest BCUT2D eigenvalue weighted by Crippen LogP contribution is 2.40. The first-order valence-electron chi connectivity index (χ1n) is 14.5. The standard InChI is InChI=1S/C32H33ClN4O4S/c1-22-10-12-24(13-11-22)42(38,39)41-30-25-14-19-36(28-9-3-7-23-6-2-8-26(33)29(23)28)20-27(25)34-31(35-30)40-21-32-15-4-17-37(32)18-5-16-32/h2-3,6-13H,4-5,14-21H2,1H3. The first-order chi connectivity index (χ1) is 20.3. The van der Waals surface area contributed by atoms with Gasteiger partial charge in [-0.15, -0.1) is 0 Å². The highest BCUT2D eigenvalue weighted by molar-refractivity contribution is 7.87. The normalized spacial score (nSPS) is 18.2. The van der Waals surface area contributed by atoms with Crippen LogP contribution in [0.15, 0.2) is 65.6 Å². The Kier molecular flexibility index (Phi) is 6.99. The molecular formula is C32H33ClN4O4S. The summed E-state index contributed by atoms with van der Waals surface area (Å²) < 4.78 is 38.7. The smallest absolute Gasteiger partial charge is 0.340 e. The monoisotopic (exact) mass is 604 g/mol. The van der Waals surface area contributed by atoms with Crippen LogP contribution in [0.2, 0.25) is 5.02 Å². The van der Waals surface area contributed by atoms with E-state index in [-0.39, 0.29) is 22.3 Å². The van der Waals surface area contributed by atoms with Crippen molar-refractivity contribution in [1.82, 2.24) is 14.9 Å². The maximum absolute atomic E-state index is 13.3. The predicted octanol–water partition coefficient (Wildman–Crippen LogP) is 5.93. The van der Waals surface area contributed by atoms with Gasteiger partial charge in [-0.05, 0) is 81.8 Å². The topological polar surface area (TPSA) is 84.9 Å². The number of fused-ring (bicyclic) bond motifs is 3. The lowest BCUT2D eigenvalue weighted by Gasteiger charge is -2.33. The van der Waals surface area contributed by atoms with Crippen molar-refractivity contribution in [2.75, 3.05) is 31.1 Å². The Bertz CT molecular complexity index is 1750. The summed E-state index contributed by atoms with van der Waals surface area (Å²) in [4.78, 5) is 14.2. The Labute approximate surface area is 251 Å². The van der Waals surface area contributed by atoms with Crippen LogP contribution in [0.5, 0.6) is 11.9 Å². The van der Waals surface area contributed by atoms with Crippen molar-refractivity contribution in [1.29, 1.82) is 0 Å². The number of aromatic nitrogens is 2. The third-order valence-corrected chi connectivity index (χ3v) is 10.5. The van der Waals surface area contributed by atoms with Crippen LogP contribution in [-0.4, -0.2) is 55.1 Å². The lowest BCUT2D eigenvalue weighted by Crippen LogP contribution is -2.43. The third-order valence-electron chi connectivity index (χ3n) is 8.96. The van der Waals surface area contributed by atoms with Gasteiger partial charge in [-0.25, -0.2) is 0 Å². The fraction of sp³-hybridized carbons (Fsp3) is 0.375. The molecule has 2 saturated heterocycles. The van der Waals surface area contributed by atoms with Crippen LogP contribution >= 0.6 is 11.6 Å². The van der Waals surface area contributed by atoms with E-state index < -0.39 is 10.1 Å². The molecule has 42 heavy (non-hydrogen) atoms. The van der Waals surface area contributed by atoms with Crippen LogP contribution in [-0.2, 0) is 23.1 Å². The van der Waals surface area contributed by atoms with E-state index in [0.717, 1.165) is 60.8 Å². The first-order valence-corrected chi connectivity index (χ1v) is 16.3. The SMILES string of the molecule is Cc1ccc(S(=O)(=O)Oc2nc(OCC34CCCN3CCC4)nc3c2CCN(c2cccc4cccc(Cl)c24)C3)cc1. The van der Waals surface area contributed by atoms with Crippen molar-refractivity contribution in [3.8, 4) is 11.9 Å². The molecule has 3 aromatic carbocycles. The van der Waals surface area contributed by atoms with Crippen LogP contribution < -0.4 is 13.8 Å². The van der Waals surface area contributed by atoms with E-state index in [1.54, 1.807) is 24.3 Å². The molecule has 10 heteroatoms. The largest absolute Gasteiger partial charge is 0.461 e. The summed E-state index contributed by atoms with van der Waals surface area (Å²) in [5.41, 5.74) is 3.34. The lowest BCUT2D eigenvalue weighted by molar-refractivity contribution is 0.107. The molecule has 8 nitrogen and oxygen atoms in total. The van der Waals surface area contributed by atoms with Crippen molar-refractivity contribution in [3.05, 3.63) is 82.5 Å². The second-order valence-electron chi connectivity index (χ2n) is 11.6. The number of benzene rings is 3. The molecule has 0 N–H and O–H groups in total. The lowest BCUT2D eigenvalue weighted by atomic mass is 9.95. The zero-order valence-corrected chi connectivity index (χ0v) is 25.1. The summed E-state index contributed by atoms with van der Waals surface area (Å²) in [6.45, 7) is 5.61. The second kappa shape index (κ2) is 10.7. The number of hydrogen-bond acceptors (Lipinski definition) is 8. The van der Waals surface area contributed by atoms with E-state index in [1.807, 2.05) is 37.3 Å². The van der Waals surface area contributed by atoms with Crippen molar-refractivity contribution in [2.24, 2.45) is 0 Å². The molecule has 0 unspecified atom stereocenters. The molecule has 0 bridgehead atoms. The van der Waals surface area contributed by atoms with Gasteiger partial charge in [-0.3, -0.25) is 4.90 Å². The molecule has 7 rings (SSSR count). The van der Waals surface area contributed by atoms with Crippen LogP contribution in [0.25, 0.3) is 10.8 Å². The minimum absolute atomic E-state index is 0.00000304. The molecule has 218 valence electrons. The van der Waals surface area contributed by atoms with Gasteiger partial charge >= 0.3 is 16.1 Å². The molecule has 2 fully saturated rings. The van der Waals surface area contributed by atoms with E-state index >= 15 is 0 Å². The number of rotatable bonds is 7. The predicted molar refractivity (Wildman–Crippen MR) is 163 cm³/mol. The van der Waals surface area contributed by atoms with E-state index in [1.165, 1.54) is 0 Å². The maximum Gasteiger partial charge on any atom is 0.340 e. The average molecular weight is 605 g/mol. The molecule has 1 aromatic heterocycles. The summed E-state index contributed by atoms with van der Waals surface area (Å²) in [6, 6.07) is 18.8. The van der Waals surface area contributed by atoms with Crippen LogP contribution in [0.3, 0.4) is 0 Å². The fourth-order valence-corrected chi connectivity index (χ4v) is 7.96. The van der Waals surface area contributed by atoms with Gasteiger partial charge in [0.25, 0.3) is 0 Å². The first kappa shape index (κ1) is 27.4. The van der Waals surface area contributed by atoms with Crippen LogP contribution in [0, 0.1) is 6.92 Å². The molecular weight excluding hydrogens is 572 g/mol. The minimum Gasteiger partial charge on any atom is -0.461 e. The number of aryl methyl sites for hydroxylation is 1. The summed E-state index contributed by atoms with van der Waals surface area (Å²) in [7, 11) is -4.11. The number of anilines is 1. The van der Waals surface area contributed by atoms with Gasteiger partial charge in [-0.2, -0.15) is 18.4 Å². The molecule has 0 amide bonds.